The van der Waals surface area contributed by atoms with Gasteiger partial charge < -0.3 is 0 Å². The Morgan fingerprint density at radius 3 is 1.31 bits per heavy atom. The van der Waals surface area contributed by atoms with Gasteiger partial charge in [-0.25, -0.2) is 0 Å². The summed E-state index contributed by atoms with van der Waals surface area (Å²) in [5, 5.41) is 5.01. The summed E-state index contributed by atoms with van der Waals surface area (Å²) in [4.78, 5) is 0. The van der Waals surface area contributed by atoms with Crippen molar-refractivity contribution in [2.45, 2.75) is 49.8 Å². The van der Waals surface area contributed by atoms with Crippen LogP contribution in [0.25, 0.3) is 32.6 Å². The van der Waals surface area contributed by atoms with Crippen molar-refractivity contribution in [1.82, 2.24) is 0 Å². The number of hydrogen-bond acceptors (Lipinski definition) is 0. The third-order valence-electron chi connectivity index (χ3n) is 11.4. The Morgan fingerprint density at radius 2 is 0.911 bits per heavy atom. The molecule has 0 amide bonds. The van der Waals surface area contributed by atoms with E-state index in [9.17, 15) is 0 Å². The van der Waals surface area contributed by atoms with Crippen molar-refractivity contribution in [3.8, 4) is 22.3 Å². The zero-order valence-corrected chi connectivity index (χ0v) is 30.7. The molecule has 5 aromatic rings. The molecule has 2 unspecified atom stereocenters. The first kappa shape index (κ1) is 29.1. The van der Waals surface area contributed by atoms with E-state index in [4.69, 9.17) is 0 Å². The van der Waals surface area contributed by atoms with Crippen molar-refractivity contribution in [1.29, 1.82) is 0 Å². The first-order valence-electron chi connectivity index (χ1n) is 16.8. The van der Waals surface area contributed by atoms with Crippen molar-refractivity contribution in [2.75, 3.05) is 0 Å². The van der Waals surface area contributed by atoms with Crippen LogP contribution in [0, 0.1) is 0 Å². The van der Waals surface area contributed by atoms with Gasteiger partial charge in [0.1, 0.15) is 0 Å². The molecule has 0 saturated heterocycles. The van der Waals surface area contributed by atoms with E-state index in [-0.39, 0.29) is 0 Å². The van der Waals surface area contributed by atoms with E-state index < -0.39 is 28.3 Å². The van der Waals surface area contributed by atoms with Crippen molar-refractivity contribution >= 4 is 23.7 Å². The molecule has 4 bridgehead atoms. The van der Waals surface area contributed by atoms with Crippen LogP contribution in [0.15, 0.2) is 139 Å². The quantitative estimate of drug-likeness (QED) is 0.162. The topological polar surface area (TPSA) is 0 Å². The molecule has 1 heterocycles. The van der Waals surface area contributed by atoms with E-state index in [1.165, 1.54) is 22.3 Å². The maximum atomic E-state index is 2.80. The molecule has 8 rings (SSSR count). The molecule has 3 aliphatic rings. The van der Waals surface area contributed by atoms with E-state index in [0.29, 0.717) is 7.25 Å². The van der Waals surface area contributed by atoms with Gasteiger partial charge in [-0.2, -0.15) is 0 Å². The molecule has 2 heteroatoms. The van der Waals surface area contributed by atoms with Crippen LogP contribution in [0.4, 0.5) is 0 Å². The summed E-state index contributed by atoms with van der Waals surface area (Å²) in [5.74, 6) is 0. The molecule has 0 nitrogen and oxygen atoms in total. The molecule has 0 spiro atoms. The first-order valence-corrected chi connectivity index (χ1v) is 27.1. The van der Waals surface area contributed by atoms with Gasteiger partial charge in [-0.3, -0.25) is 0 Å². The van der Waals surface area contributed by atoms with E-state index in [2.05, 4.69) is 157 Å². The van der Waals surface area contributed by atoms with Crippen molar-refractivity contribution in [3.63, 3.8) is 0 Å². The molecule has 0 saturated carbocycles. The fourth-order valence-corrected chi connectivity index (χ4v) is 27.8. The Hall–Kier alpha value is -3.32. The number of benzene rings is 5. The molecule has 45 heavy (non-hydrogen) atoms. The van der Waals surface area contributed by atoms with E-state index in [1.807, 2.05) is 0 Å². The minimum absolute atomic E-state index is 0.577. The van der Waals surface area contributed by atoms with Gasteiger partial charge in [0.05, 0.1) is 0 Å². The fraction of sp³-hybridized carbons (Fsp3) is 0.209. The van der Waals surface area contributed by atoms with Gasteiger partial charge in [0.2, 0.25) is 0 Å². The summed E-state index contributed by atoms with van der Waals surface area (Å²) in [6, 6.07) is 48.8. The third-order valence-corrected chi connectivity index (χ3v) is 26.6. The van der Waals surface area contributed by atoms with Gasteiger partial charge in [-0.05, 0) is 0 Å². The van der Waals surface area contributed by atoms with Crippen molar-refractivity contribution < 1.29 is 20.3 Å². The molecule has 5 aromatic carbocycles. The molecule has 1 aliphatic heterocycles. The summed E-state index contributed by atoms with van der Waals surface area (Å²) in [6.45, 7) is 7.65. The monoisotopic (exact) mass is 676 g/mol. The predicted octanol–water partition coefficient (Wildman–Crippen LogP) is 11.5. The molecule has 0 N–H and O–H groups in total. The summed E-state index contributed by atoms with van der Waals surface area (Å²) in [7, 11) is -2.54. The molecule has 0 aromatic heterocycles. The van der Waals surface area contributed by atoms with Gasteiger partial charge in [-0.15, -0.1) is 0 Å². The Bertz CT molecular complexity index is 1880. The molecular weight excluding hydrogens is 636 g/mol. The summed E-state index contributed by atoms with van der Waals surface area (Å²) < 4.78 is 6.75. The Kier molecular flexibility index (Phi) is 7.05. The van der Waals surface area contributed by atoms with Gasteiger partial charge in [0.15, 0.2) is 0 Å². The van der Waals surface area contributed by atoms with Crippen molar-refractivity contribution in [3.05, 3.63) is 161 Å². The Labute approximate surface area is 275 Å². The Balaban J connectivity index is 1.57. The van der Waals surface area contributed by atoms with Crippen LogP contribution in [0.2, 0.25) is 15.8 Å². The van der Waals surface area contributed by atoms with Crippen LogP contribution < -0.4 is 5.19 Å². The summed E-state index contributed by atoms with van der Waals surface area (Å²) in [6.07, 6.45) is 2.25. The fourth-order valence-electron chi connectivity index (χ4n) is 9.84. The van der Waals surface area contributed by atoms with Gasteiger partial charge in [-0.1, -0.05) is 0 Å². The number of fused-ring (bicyclic) bond motifs is 8. The predicted molar refractivity (Wildman–Crippen MR) is 193 cm³/mol. The molecular formula is C43H42SiZr. The number of allylic oxidation sites excluding steroid dienone is 2. The minimum atomic E-state index is -3.06. The van der Waals surface area contributed by atoms with Crippen molar-refractivity contribution in [2.24, 2.45) is 0 Å². The normalized spacial score (nSPS) is 22.6. The second-order valence-electron chi connectivity index (χ2n) is 14.0. The first-order chi connectivity index (χ1) is 21.9. The van der Waals surface area contributed by atoms with Crippen LogP contribution in [0.1, 0.15) is 56.2 Å². The molecule has 0 fully saturated rings. The average molecular weight is 678 g/mol. The zero-order valence-electron chi connectivity index (χ0n) is 27.2. The second kappa shape index (κ2) is 10.9. The molecule has 2 aliphatic carbocycles. The SMILES string of the molecule is CCC1=C2c3c(-c4ccccc4)cccc3[CH]1[Zr]([CH3])([CH3])[CH]1C(CC)=C(c3c(-c4ccccc4)cccc31)[Si]2(C)c1ccccc1. The Morgan fingerprint density at radius 1 is 0.511 bits per heavy atom. The molecule has 0 radical (unpaired) electrons. The standard InChI is InChI=1S/C41H36Si.2CH3.Zr/c1-4-29-27-33-21-15-25-36(31-17-9-6-10-18-31)38(33)40(29)42(3,35-23-13-8-14-24-35)41-30(5-2)28-34-22-16-26-37(39(34)41)32-19-11-7-12-20-32;;;/h6-28H,4-5H2,1-3H3;2*1H3;. The maximum absolute atomic E-state index is 3.06. The zero-order chi connectivity index (χ0) is 30.9. The van der Waals surface area contributed by atoms with Crippen LogP contribution in [-0.4, -0.2) is 8.07 Å². The second-order valence-corrected chi connectivity index (χ2v) is 29.6. The molecule has 222 valence electrons. The molecule has 2 atom stereocenters. The summed E-state index contributed by atoms with van der Waals surface area (Å²) in [5.41, 5.74) is 15.6. The summed E-state index contributed by atoms with van der Waals surface area (Å²) >= 11 is -3.06. The van der Waals surface area contributed by atoms with Gasteiger partial charge in [0.25, 0.3) is 0 Å². The van der Waals surface area contributed by atoms with E-state index in [0.717, 1.165) is 12.8 Å². The van der Waals surface area contributed by atoms with Crippen LogP contribution >= 0.6 is 0 Å². The van der Waals surface area contributed by atoms with Crippen LogP contribution in [0.3, 0.4) is 0 Å². The van der Waals surface area contributed by atoms with E-state index >= 15 is 0 Å². The van der Waals surface area contributed by atoms with Gasteiger partial charge >= 0.3 is 277 Å². The number of hydrogen-bond donors (Lipinski definition) is 0. The average Bonchev–Trinajstić information content (AvgIpc) is 3.64. The number of rotatable bonds is 5. The van der Waals surface area contributed by atoms with Gasteiger partial charge in [0, 0.05) is 0 Å². The van der Waals surface area contributed by atoms with Crippen LogP contribution in [0.5, 0.6) is 0 Å². The van der Waals surface area contributed by atoms with E-state index in [1.54, 1.807) is 49.0 Å². The third kappa shape index (κ3) is 4.04. The van der Waals surface area contributed by atoms with Crippen LogP contribution in [-0.2, 0) is 20.3 Å².